The van der Waals surface area contributed by atoms with Gasteiger partial charge in [0.2, 0.25) is 0 Å². The summed E-state index contributed by atoms with van der Waals surface area (Å²) in [6, 6.07) is 4.00. The van der Waals surface area contributed by atoms with E-state index in [4.69, 9.17) is 4.74 Å². The quantitative estimate of drug-likeness (QED) is 0.537. The number of methoxy groups -OCH3 is 1. The minimum absolute atomic E-state index is 0.0834. The molecular weight excluding hydrogens is 218 g/mol. The van der Waals surface area contributed by atoms with Crippen molar-refractivity contribution < 1.29 is 14.3 Å². The van der Waals surface area contributed by atoms with Crippen LogP contribution in [0.25, 0.3) is 0 Å². The van der Waals surface area contributed by atoms with E-state index in [0.29, 0.717) is 13.0 Å². The molecule has 0 aliphatic rings. The van der Waals surface area contributed by atoms with E-state index in [1.54, 1.807) is 12.4 Å². The van der Waals surface area contributed by atoms with Gasteiger partial charge in [-0.3, -0.25) is 9.78 Å². The third-order valence-corrected chi connectivity index (χ3v) is 2.44. The Labute approximate surface area is 102 Å². The van der Waals surface area contributed by atoms with E-state index in [2.05, 4.69) is 9.72 Å². The largest absolute Gasteiger partial charge is 0.469 e. The summed E-state index contributed by atoms with van der Waals surface area (Å²) in [5, 5.41) is 0. The monoisotopic (exact) mass is 237 g/mol. The molecule has 1 aromatic heterocycles. The van der Waals surface area contributed by atoms with Crippen LogP contribution in [-0.2, 0) is 20.7 Å². The van der Waals surface area contributed by atoms with Crippen molar-refractivity contribution in [3.63, 3.8) is 0 Å². The van der Waals surface area contributed by atoms with Gasteiger partial charge in [0.05, 0.1) is 19.6 Å². The summed E-state index contributed by atoms with van der Waals surface area (Å²) in [7, 11) is 1.39. The predicted octanol–water partition coefficient (Wildman–Crippen LogP) is 1.98. The Morgan fingerprint density at radius 2 is 2.12 bits per heavy atom. The van der Waals surface area contributed by atoms with Crippen LogP contribution in [0.15, 0.2) is 24.5 Å². The number of ether oxygens (including phenoxy) is 2. The highest BCUT2D eigenvalue weighted by atomic mass is 16.5. The standard InChI is InChI=1S/C13H19NO3/c1-11(10-13(15)16-2)17-9-3-4-12-5-7-14-8-6-12/h5-8,11H,3-4,9-10H2,1-2H3. The summed E-state index contributed by atoms with van der Waals surface area (Å²) >= 11 is 0. The first-order valence-corrected chi connectivity index (χ1v) is 5.79. The van der Waals surface area contributed by atoms with Gasteiger partial charge in [0, 0.05) is 19.0 Å². The molecular formula is C13H19NO3. The van der Waals surface area contributed by atoms with Gasteiger partial charge in [-0.1, -0.05) is 0 Å². The number of hydrogen-bond acceptors (Lipinski definition) is 4. The van der Waals surface area contributed by atoms with Gasteiger partial charge in [-0.15, -0.1) is 0 Å². The number of aromatic nitrogens is 1. The smallest absolute Gasteiger partial charge is 0.308 e. The van der Waals surface area contributed by atoms with Crippen molar-refractivity contribution >= 4 is 5.97 Å². The SMILES string of the molecule is COC(=O)CC(C)OCCCc1ccncc1. The number of carbonyl (C=O) groups excluding carboxylic acids is 1. The molecule has 0 spiro atoms. The Hall–Kier alpha value is -1.42. The zero-order valence-corrected chi connectivity index (χ0v) is 10.4. The molecule has 0 aliphatic carbocycles. The second-order valence-electron chi connectivity index (χ2n) is 3.92. The second kappa shape index (κ2) is 7.79. The molecule has 4 heteroatoms. The average Bonchev–Trinajstić information content (AvgIpc) is 2.36. The van der Waals surface area contributed by atoms with Gasteiger partial charge in [-0.05, 0) is 37.5 Å². The van der Waals surface area contributed by atoms with Gasteiger partial charge in [0.25, 0.3) is 0 Å². The minimum Gasteiger partial charge on any atom is -0.469 e. The Kier molecular flexibility index (Phi) is 6.25. The number of esters is 1. The molecule has 1 atom stereocenters. The number of pyridine rings is 1. The number of aryl methyl sites for hydroxylation is 1. The van der Waals surface area contributed by atoms with E-state index in [1.807, 2.05) is 19.1 Å². The van der Waals surface area contributed by atoms with Gasteiger partial charge >= 0.3 is 5.97 Å². The normalized spacial score (nSPS) is 12.1. The van der Waals surface area contributed by atoms with Crippen molar-refractivity contribution in [2.24, 2.45) is 0 Å². The van der Waals surface area contributed by atoms with Gasteiger partial charge in [0.1, 0.15) is 0 Å². The molecule has 0 radical (unpaired) electrons. The predicted molar refractivity (Wildman–Crippen MR) is 64.6 cm³/mol. The Morgan fingerprint density at radius 3 is 2.76 bits per heavy atom. The van der Waals surface area contributed by atoms with Crippen molar-refractivity contribution in [3.05, 3.63) is 30.1 Å². The summed E-state index contributed by atoms with van der Waals surface area (Å²) < 4.78 is 10.1. The molecule has 1 aromatic rings. The van der Waals surface area contributed by atoms with Gasteiger partial charge in [-0.25, -0.2) is 0 Å². The first kappa shape index (κ1) is 13.6. The summed E-state index contributed by atoms with van der Waals surface area (Å²) in [5.74, 6) is -0.230. The van der Waals surface area contributed by atoms with Crippen LogP contribution < -0.4 is 0 Å². The molecule has 0 saturated heterocycles. The van der Waals surface area contributed by atoms with Crippen LogP contribution in [0.5, 0.6) is 0 Å². The lowest BCUT2D eigenvalue weighted by Gasteiger charge is -2.11. The molecule has 0 bridgehead atoms. The fraction of sp³-hybridized carbons (Fsp3) is 0.538. The molecule has 4 nitrogen and oxygen atoms in total. The molecule has 0 saturated carbocycles. The Balaban J connectivity index is 2.10. The lowest BCUT2D eigenvalue weighted by molar-refractivity contribution is -0.143. The maximum Gasteiger partial charge on any atom is 0.308 e. The summed E-state index contributed by atoms with van der Waals surface area (Å²) in [6.07, 6.45) is 5.71. The van der Waals surface area contributed by atoms with Crippen LogP contribution in [0.3, 0.4) is 0 Å². The molecule has 0 amide bonds. The number of nitrogens with zero attached hydrogens (tertiary/aromatic N) is 1. The molecule has 1 heterocycles. The number of carbonyl (C=O) groups is 1. The second-order valence-corrected chi connectivity index (χ2v) is 3.92. The van der Waals surface area contributed by atoms with E-state index < -0.39 is 0 Å². The molecule has 17 heavy (non-hydrogen) atoms. The first-order chi connectivity index (χ1) is 8.22. The van der Waals surface area contributed by atoms with E-state index in [0.717, 1.165) is 12.8 Å². The minimum atomic E-state index is -0.230. The summed E-state index contributed by atoms with van der Waals surface area (Å²) in [6.45, 7) is 2.53. The zero-order chi connectivity index (χ0) is 12.5. The van der Waals surface area contributed by atoms with Crippen LogP contribution in [0.4, 0.5) is 0 Å². The number of hydrogen-bond donors (Lipinski definition) is 0. The van der Waals surface area contributed by atoms with Crippen LogP contribution in [0.2, 0.25) is 0 Å². The summed E-state index contributed by atoms with van der Waals surface area (Å²) in [5.41, 5.74) is 1.25. The maximum absolute atomic E-state index is 11.0. The van der Waals surface area contributed by atoms with Crippen LogP contribution in [-0.4, -0.2) is 30.8 Å². The highest BCUT2D eigenvalue weighted by Crippen LogP contribution is 2.04. The topological polar surface area (TPSA) is 48.4 Å². The molecule has 94 valence electrons. The van der Waals surface area contributed by atoms with E-state index in [9.17, 15) is 4.79 Å². The molecule has 1 rings (SSSR count). The highest BCUT2D eigenvalue weighted by molar-refractivity contribution is 5.69. The molecule has 0 aromatic carbocycles. The fourth-order valence-electron chi connectivity index (χ4n) is 1.49. The third-order valence-electron chi connectivity index (χ3n) is 2.44. The fourth-order valence-corrected chi connectivity index (χ4v) is 1.49. The number of rotatable bonds is 7. The molecule has 0 aliphatic heterocycles. The molecule has 0 N–H and O–H groups in total. The van der Waals surface area contributed by atoms with E-state index >= 15 is 0 Å². The Morgan fingerprint density at radius 1 is 1.41 bits per heavy atom. The van der Waals surface area contributed by atoms with Gasteiger partial charge in [0.15, 0.2) is 0 Å². The lowest BCUT2D eigenvalue weighted by atomic mass is 10.1. The lowest BCUT2D eigenvalue weighted by Crippen LogP contribution is -2.16. The molecule has 1 unspecified atom stereocenters. The average molecular weight is 237 g/mol. The Bertz CT molecular complexity index is 327. The van der Waals surface area contributed by atoms with Gasteiger partial charge in [-0.2, -0.15) is 0 Å². The molecule has 0 fully saturated rings. The highest BCUT2D eigenvalue weighted by Gasteiger charge is 2.08. The third kappa shape index (κ3) is 6.02. The van der Waals surface area contributed by atoms with Crippen molar-refractivity contribution in [3.8, 4) is 0 Å². The van der Waals surface area contributed by atoms with Crippen molar-refractivity contribution in [2.45, 2.75) is 32.3 Å². The van der Waals surface area contributed by atoms with Crippen LogP contribution >= 0.6 is 0 Å². The van der Waals surface area contributed by atoms with E-state index in [-0.39, 0.29) is 12.1 Å². The summed E-state index contributed by atoms with van der Waals surface area (Å²) in [4.78, 5) is 14.9. The van der Waals surface area contributed by atoms with Crippen molar-refractivity contribution in [1.82, 2.24) is 4.98 Å². The zero-order valence-electron chi connectivity index (χ0n) is 10.4. The van der Waals surface area contributed by atoms with Crippen molar-refractivity contribution in [1.29, 1.82) is 0 Å². The van der Waals surface area contributed by atoms with E-state index in [1.165, 1.54) is 12.7 Å². The first-order valence-electron chi connectivity index (χ1n) is 5.79. The van der Waals surface area contributed by atoms with Gasteiger partial charge < -0.3 is 9.47 Å². The maximum atomic E-state index is 11.0. The van der Waals surface area contributed by atoms with Crippen LogP contribution in [0.1, 0.15) is 25.3 Å². The van der Waals surface area contributed by atoms with Crippen molar-refractivity contribution in [2.75, 3.05) is 13.7 Å². The van der Waals surface area contributed by atoms with Crippen LogP contribution in [0, 0.1) is 0 Å².